The van der Waals surface area contributed by atoms with E-state index in [1.54, 1.807) is 4.90 Å². The summed E-state index contributed by atoms with van der Waals surface area (Å²) in [6.07, 6.45) is 4.12. The lowest BCUT2D eigenvalue weighted by Gasteiger charge is -2.22. The van der Waals surface area contributed by atoms with E-state index in [0.717, 1.165) is 18.4 Å². The number of rotatable bonds is 7. The van der Waals surface area contributed by atoms with Crippen molar-refractivity contribution in [1.82, 2.24) is 15.1 Å². The molecule has 1 saturated carbocycles. The van der Waals surface area contributed by atoms with Crippen LogP contribution in [0.5, 0.6) is 0 Å². The Morgan fingerprint density at radius 3 is 2.63 bits per heavy atom. The Balaban J connectivity index is 1.52. The number of hydrogen-bond donors (Lipinski definition) is 1. The predicted octanol–water partition coefficient (Wildman–Crippen LogP) is 3.33. The van der Waals surface area contributed by atoms with Crippen molar-refractivity contribution in [1.29, 1.82) is 0 Å². The second-order valence-electron chi connectivity index (χ2n) is 7.28. The van der Waals surface area contributed by atoms with Crippen molar-refractivity contribution in [2.75, 3.05) is 13.1 Å². The van der Waals surface area contributed by atoms with E-state index < -0.39 is 5.54 Å². The summed E-state index contributed by atoms with van der Waals surface area (Å²) in [5.41, 5.74) is 0.229. The molecular formula is C20H26ClN3O3. The Labute approximate surface area is 164 Å². The van der Waals surface area contributed by atoms with Crippen LogP contribution in [0, 0.1) is 0 Å². The van der Waals surface area contributed by atoms with Crippen LogP contribution in [0.25, 0.3) is 0 Å². The number of halogens is 1. The number of nitrogens with one attached hydrogen (secondary N) is 1. The molecule has 3 rings (SSSR count). The molecule has 0 atom stereocenters. The largest absolute Gasteiger partial charge is 0.339 e. The fourth-order valence-corrected chi connectivity index (χ4v) is 4.15. The first-order valence-corrected chi connectivity index (χ1v) is 10.00. The van der Waals surface area contributed by atoms with E-state index in [1.165, 1.54) is 4.90 Å². The van der Waals surface area contributed by atoms with Gasteiger partial charge in [-0.05, 0) is 37.8 Å². The molecule has 1 aromatic carbocycles. The molecule has 0 bridgehead atoms. The highest BCUT2D eigenvalue weighted by molar-refractivity contribution is 6.31. The fourth-order valence-electron chi connectivity index (χ4n) is 3.95. The molecule has 6 nitrogen and oxygen atoms in total. The number of carbonyl (C=O) groups excluding carboxylic acids is 3. The lowest BCUT2D eigenvalue weighted by atomic mass is 9.98. The van der Waals surface area contributed by atoms with Crippen LogP contribution in [-0.2, 0) is 16.1 Å². The number of amides is 4. The zero-order valence-corrected chi connectivity index (χ0v) is 16.4. The SMILES string of the molecule is CCN(Cc1ccccc1Cl)C(=O)CCCN1C(=O)NC2(CCCC2)C1=O. The Morgan fingerprint density at radius 2 is 1.96 bits per heavy atom. The Hall–Kier alpha value is -2.08. The highest BCUT2D eigenvalue weighted by Crippen LogP contribution is 2.35. The van der Waals surface area contributed by atoms with Crippen molar-refractivity contribution in [2.24, 2.45) is 0 Å². The summed E-state index contributed by atoms with van der Waals surface area (Å²) in [5.74, 6) is -0.124. The van der Waals surface area contributed by atoms with Crippen LogP contribution in [-0.4, -0.2) is 46.3 Å². The quantitative estimate of drug-likeness (QED) is 0.725. The van der Waals surface area contributed by atoms with Crippen LogP contribution in [0.15, 0.2) is 24.3 Å². The molecular weight excluding hydrogens is 366 g/mol. The van der Waals surface area contributed by atoms with Crippen molar-refractivity contribution in [2.45, 2.75) is 57.5 Å². The van der Waals surface area contributed by atoms with E-state index in [1.807, 2.05) is 31.2 Å². The summed E-state index contributed by atoms with van der Waals surface area (Å²) in [5, 5.41) is 3.51. The second-order valence-corrected chi connectivity index (χ2v) is 7.69. The summed E-state index contributed by atoms with van der Waals surface area (Å²) in [6, 6.07) is 7.16. The molecule has 146 valence electrons. The molecule has 1 saturated heterocycles. The molecule has 1 N–H and O–H groups in total. The molecule has 7 heteroatoms. The van der Waals surface area contributed by atoms with E-state index in [-0.39, 0.29) is 24.4 Å². The van der Waals surface area contributed by atoms with Crippen LogP contribution in [0.1, 0.15) is 51.0 Å². The lowest BCUT2D eigenvalue weighted by molar-refractivity contribution is -0.133. The Morgan fingerprint density at radius 1 is 1.26 bits per heavy atom. The summed E-state index contributed by atoms with van der Waals surface area (Å²) >= 11 is 6.19. The van der Waals surface area contributed by atoms with Gasteiger partial charge in [-0.1, -0.05) is 42.6 Å². The van der Waals surface area contributed by atoms with Crippen molar-refractivity contribution in [3.8, 4) is 0 Å². The summed E-state index contributed by atoms with van der Waals surface area (Å²) < 4.78 is 0. The summed E-state index contributed by atoms with van der Waals surface area (Å²) in [6.45, 7) is 3.25. The van der Waals surface area contributed by atoms with E-state index >= 15 is 0 Å². The normalized spacial score (nSPS) is 18.2. The minimum Gasteiger partial charge on any atom is -0.339 e. The number of urea groups is 1. The summed E-state index contributed by atoms with van der Waals surface area (Å²) in [7, 11) is 0. The second kappa shape index (κ2) is 8.30. The van der Waals surface area contributed by atoms with E-state index in [9.17, 15) is 14.4 Å². The van der Waals surface area contributed by atoms with Gasteiger partial charge in [-0.3, -0.25) is 14.5 Å². The first kappa shape index (κ1) is 19.7. The van der Waals surface area contributed by atoms with Gasteiger partial charge in [0.25, 0.3) is 5.91 Å². The van der Waals surface area contributed by atoms with Gasteiger partial charge >= 0.3 is 6.03 Å². The standard InChI is InChI=1S/C20H26ClN3O3/c1-2-23(14-15-8-3-4-9-16(15)21)17(25)10-7-13-24-18(26)20(22-19(24)27)11-5-6-12-20/h3-4,8-9H,2,5-7,10-14H2,1H3,(H,22,27). The average Bonchev–Trinajstić information content (AvgIpc) is 3.21. The molecule has 0 unspecified atom stereocenters. The van der Waals surface area contributed by atoms with Crippen LogP contribution >= 0.6 is 11.6 Å². The van der Waals surface area contributed by atoms with Crippen molar-refractivity contribution < 1.29 is 14.4 Å². The zero-order chi connectivity index (χ0) is 19.4. The number of imide groups is 1. The van der Waals surface area contributed by atoms with Gasteiger partial charge in [-0.25, -0.2) is 4.79 Å². The molecule has 0 radical (unpaired) electrons. The van der Waals surface area contributed by atoms with E-state index in [0.29, 0.717) is 43.8 Å². The van der Waals surface area contributed by atoms with Crippen LogP contribution in [0.4, 0.5) is 4.79 Å². The molecule has 4 amide bonds. The van der Waals surface area contributed by atoms with Gasteiger partial charge < -0.3 is 10.2 Å². The third-order valence-electron chi connectivity index (χ3n) is 5.53. The molecule has 1 aliphatic heterocycles. The van der Waals surface area contributed by atoms with Gasteiger partial charge in [0.1, 0.15) is 5.54 Å². The van der Waals surface area contributed by atoms with Gasteiger partial charge in [0, 0.05) is 31.1 Å². The number of carbonyl (C=O) groups is 3. The van der Waals surface area contributed by atoms with Crippen molar-refractivity contribution in [3.05, 3.63) is 34.9 Å². The smallest absolute Gasteiger partial charge is 0.325 e. The van der Waals surface area contributed by atoms with E-state index in [4.69, 9.17) is 11.6 Å². The maximum atomic E-state index is 12.6. The van der Waals surface area contributed by atoms with Gasteiger partial charge in [0.2, 0.25) is 5.91 Å². The fraction of sp³-hybridized carbons (Fsp3) is 0.550. The number of nitrogens with zero attached hydrogens (tertiary/aromatic N) is 2. The van der Waals surface area contributed by atoms with Crippen molar-refractivity contribution in [3.63, 3.8) is 0 Å². The highest BCUT2D eigenvalue weighted by Gasteiger charge is 2.52. The van der Waals surface area contributed by atoms with E-state index in [2.05, 4.69) is 5.32 Å². The summed E-state index contributed by atoms with van der Waals surface area (Å²) in [4.78, 5) is 40.4. The van der Waals surface area contributed by atoms with Crippen molar-refractivity contribution >= 4 is 29.4 Å². The predicted molar refractivity (Wildman–Crippen MR) is 103 cm³/mol. The molecule has 1 heterocycles. The Bertz CT molecular complexity index is 731. The third kappa shape index (κ3) is 4.10. The van der Waals surface area contributed by atoms with Crippen LogP contribution < -0.4 is 5.32 Å². The highest BCUT2D eigenvalue weighted by atomic mass is 35.5. The maximum Gasteiger partial charge on any atom is 0.325 e. The Kier molecular flexibility index (Phi) is 6.05. The van der Waals surface area contributed by atoms with Gasteiger partial charge in [0.15, 0.2) is 0 Å². The first-order valence-electron chi connectivity index (χ1n) is 9.62. The minimum atomic E-state index is -0.680. The zero-order valence-electron chi connectivity index (χ0n) is 15.7. The minimum absolute atomic E-state index is 0.0000495. The van der Waals surface area contributed by atoms with Gasteiger partial charge in [-0.2, -0.15) is 0 Å². The number of benzene rings is 1. The molecule has 1 aliphatic carbocycles. The topological polar surface area (TPSA) is 69.7 Å². The molecule has 1 spiro atoms. The maximum absolute atomic E-state index is 12.6. The molecule has 2 aliphatic rings. The molecule has 0 aromatic heterocycles. The van der Waals surface area contributed by atoms with Gasteiger partial charge in [0.05, 0.1) is 0 Å². The lowest BCUT2D eigenvalue weighted by Crippen LogP contribution is -2.44. The molecule has 2 fully saturated rings. The average molecular weight is 392 g/mol. The molecule has 1 aromatic rings. The number of hydrogen-bond acceptors (Lipinski definition) is 3. The first-order chi connectivity index (χ1) is 13.0. The third-order valence-corrected chi connectivity index (χ3v) is 5.90. The van der Waals surface area contributed by atoms with Crippen LogP contribution in [0.3, 0.4) is 0 Å². The van der Waals surface area contributed by atoms with Gasteiger partial charge in [-0.15, -0.1) is 0 Å². The van der Waals surface area contributed by atoms with Crippen LogP contribution in [0.2, 0.25) is 5.02 Å². The molecule has 27 heavy (non-hydrogen) atoms. The monoisotopic (exact) mass is 391 g/mol.